The van der Waals surface area contributed by atoms with Crippen molar-refractivity contribution < 1.29 is 9.90 Å². The Kier molecular flexibility index (Phi) is 4.00. The number of phenolic OH excluding ortho intramolecular Hbond substituents is 1. The van der Waals surface area contributed by atoms with Gasteiger partial charge in [0, 0.05) is 37.4 Å². The van der Waals surface area contributed by atoms with Gasteiger partial charge in [0.15, 0.2) is 0 Å². The minimum Gasteiger partial charge on any atom is -0.508 e. The highest BCUT2D eigenvalue weighted by Gasteiger charge is 2.22. The van der Waals surface area contributed by atoms with Crippen molar-refractivity contribution >= 4 is 11.6 Å². The number of amides is 1. The Morgan fingerprint density at radius 3 is 2.09 bits per heavy atom. The molecule has 0 bridgehead atoms. The average molecular weight is 296 g/mol. The Bertz CT molecular complexity index is 642. The van der Waals surface area contributed by atoms with E-state index in [4.69, 9.17) is 0 Å². The van der Waals surface area contributed by atoms with Crippen molar-refractivity contribution in [1.29, 1.82) is 0 Å². The number of aromatic hydroxyl groups is 1. The van der Waals surface area contributed by atoms with E-state index in [9.17, 15) is 9.90 Å². The van der Waals surface area contributed by atoms with Crippen LogP contribution in [0.2, 0.25) is 0 Å². The molecule has 0 radical (unpaired) electrons. The molecule has 0 aromatic heterocycles. The molecule has 1 aliphatic rings. The minimum absolute atomic E-state index is 0.102. The van der Waals surface area contributed by atoms with Crippen LogP contribution < -0.4 is 4.90 Å². The van der Waals surface area contributed by atoms with E-state index in [2.05, 4.69) is 4.90 Å². The highest BCUT2D eigenvalue weighted by Crippen LogP contribution is 2.20. The van der Waals surface area contributed by atoms with Crippen molar-refractivity contribution in [1.82, 2.24) is 4.90 Å². The topological polar surface area (TPSA) is 43.8 Å². The fraction of sp³-hybridized carbons (Fsp3) is 0.278. The van der Waals surface area contributed by atoms with Gasteiger partial charge in [-0.3, -0.25) is 4.79 Å². The van der Waals surface area contributed by atoms with Crippen LogP contribution in [0.4, 0.5) is 5.69 Å². The quantitative estimate of drug-likeness (QED) is 0.926. The number of phenols is 1. The van der Waals surface area contributed by atoms with E-state index in [1.165, 1.54) is 0 Å². The van der Waals surface area contributed by atoms with Crippen LogP contribution in [0.25, 0.3) is 0 Å². The minimum atomic E-state index is 0.102. The summed E-state index contributed by atoms with van der Waals surface area (Å²) in [5.41, 5.74) is 3.00. The Balaban J connectivity index is 1.62. The Hall–Kier alpha value is -2.49. The molecule has 1 N–H and O–H groups in total. The monoisotopic (exact) mass is 296 g/mol. The molecule has 22 heavy (non-hydrogen) atoms. The lowest BCUT2D eigenvalue weighted by molar-refractivity contribution is 0.0747. The lowest BCUT2D eigenvalue weighted by Gasteiger charge is -2.36. The average Bonchev–Trinajstić information content (AvgIpc) is 2.56. The first kappa shape index (κ1) is 14.4. The molecule has 2 aromatic rings. The van der Waals surface area contributed by atoms with Gasteiger partial charge in [-0.2, -0.15) is 0 Å². The molecule has 2 aromatic carbocycles. The zero-order chi connectivity index (χ0) is 15.5. The standard InChI is InChI=1S/C18H20N2O2/c1-14-2-4-15(5-3-14)18(22)20-12-10-19(11-13-20)16-6-8-17(21)9-7-16/h2-9,21H,10-13H2,1H3. The highest BCUT2D eigenvalue weighted by atomic mass is 16.3. The second-order valence-electron chi connectivity index (χ2n) is 5.66. The molecule has 0 saturated carbocycles. The number of hydrogen-bond acceptors (Lipinski definition) is 3. The van der Waals surface area contributed by atoms with Crippen LogP contribution in [-0.2, 0) is 0 Å². The number of piperazine rings is 1. The summed E-state index contributed by atoms with van der Waals surface area (Å²) in [7, 11) is 0. The summed E-state index contributed by atoms with van der Waals surface area (Å²) in [6.45, 7) is 5.07. The first-order valence-corrected chi connectivity index (χ1v) is 7.53. The van der Waals surface area contributed by atoms with E-state index in [-0.39, 0.29) is 11.7 Å². The van der Waals surface area contributed by atoms with Crippen LogP contribution in [0.1, 0.15) is 15.9 Å². The molecule has 114 valence electrons. The van der Waals surface area contributed by atoms with Crippen LogP contribution >= 0.6 is 0 Å². The van der Waals surface area contributed by atoms with Crippen molar-refractivity contribution in [2.75, 3.05) is 31.1 Å². The van der Waals surface area contributed by atoms with Crippen molar-refractivity contribution in [3.8, 4) is 5.75 Å². The Labute approximate surface area is 130 Å². The molecule has 0 aliphatic carbocycles. The maximum Gasteiger partial charge on any atom is 0.253 e. The SMILES string of the molecule is Cc1ccc(C(=O)N2CCN(c3ccc(O)cc3)CC2)cc1. The number of aryl methyl sites for hydroxylation is 1. The van der Waals surface area contributed by atoms with Crippen LogP contribution in [0.5, 0.6) is 5.75 Å². The van der Waals surface area contributed by atoms with Gasteiger partial charge in [-0.25, -0.2) is 0 Å². The normalized spacial score (nSPS) is 15.0. The van der Waals surface area contributed by atoms with Gasteiger partial charge < -0.3 is 14.9 Å². The maximum atomic E-state index is 12.5. The van der Waals surface area contributed by atoms with Gasteiger partial charge in [0.1, 0.15) is 5.75 Å². The van der Waals surface area contributed by atoms with Crippen LogP contribution in [0.3, 0.4) is 0 Å². The van der Waals surface area contributed by atoms with E-state index in [0.29, 0.717) is 13.1 Å². The number of benzene rings is 2. The number of hydrogen-bond donors (Lipinski definition) is 1. The third-order valence-electron chi connectivity index (χ3n) is 4.08. The molecular formula is C18H20N2O2. The zero-order valence-electron chi connectivity index (χ0n) is 12.7. The van der Waals surface area contributed by atoms with Gasteiger partial charge in [0.25, 0.3) is 5.91 Å². The van der Waals surface area contributed by atoms with E-state index >= 15 is 0 Å². The molecular weight excluding hydrogens is 276 g/mol. The summed E-state index contributed by atoms with van der Waals surface area (Å²) in [4.78, 5) is 16.6. The number of nitrogens with zero attached hydrogens (tertiary/aromatic N) is 2. The zero-order valence-corrected chi connectivity index (χ0v) is 12.7. The number of anilines is 1. The molecule has 1 fully saturated rings. The Morgan fingerprint density at radius 1 is 0.909 bits per heavy atom. The predicted octanol–water partition coefficient (Wildman–Crippen LogP) is 2.66. The van der Waals surface area contributed by atoms with Crippen LogP contribution in [0.15, 0.2) is 48.5 Å². The molecule has 3 rings (SSSR count). The summed E-state index contributed by atoms with van der Waals surface area (Å²) in [5.74, 6) is 0.377. The predicted molar refractivity (Wildman–Crippen MR) is 87.4 cm³/mol. The van der Waals surface area contributed by atoms with Gasteiger partial charge in [-0.05, 0) is 43.3 Å². The van der Waals surface area contributed by atoms with Crippen LogP contribution in [0, 0.1) is 6.92 Å². The molecule has 0 spiro atoms. The smallest absolute Gasteiger partial charge is 0.253 e. The van der Waals surface area contributed by atoms with E-state index < -0.39 is 0 Å². The second kappa shape index (κ2) is 6.10. The molecule has 1 heterocycles. The van der Waals surface area contributed by atoms with E-state index in [1.54, 1.807) is 12.1 Å². The molecule has 1 aliphatic heterocycles. The summed E-state index contributed by atoms with van der Waals surface area (Å²) >= 11 is 0. The second-order valence-corrected chi connectivity index (χ2v) is 5.66. The summed E-state index contributed by atoms with van der Waals surface area (Å²) in [6.07, 6.45) is 0. The molecule has 1 saturated heterocycles. The first-order valence-electron chi connectivity index (χ1n) is 7.53. The van der Waals surface area contributed by atoms with Crippen molar-refractivity contribution in [3.05, 3.63) is 59.7 Å². The lowest BCUT2D eigenvalue weighted by atomic mass is 10.1. The van der Waals surface area contributed by atoms with Crippen molar-refractivity contribution in [2.24, 2.45) is 0 Å². The van der Waals surface area contributed by atoms with E-state index in [1.807, 2.05) is 48.2 Å². The van der Waals surface area contributed by atoms with Gasteiger partial charge in [-0.1, -0.05) is 17.7 Å². The number of carbonyl (C=O) groups excluding carboxylic acids is 1. The molecule has 4 heteroatoms. The largest absolute Gasteiger partial charge is 0.508 e. The fourth-order valence-corrected chi connectivity index (χ4v) is 2.71. The van der Waals surface area contributed by atoms with Gasteiger partial charge in [0.2, 0.25) is 0 Å². The highest BCUT2D eigenvalue weighted by molar-refractivity contribution is 5.94. The van der Waals surface area contributed by atoms with Gasteiger partial charge in [-0.15, -0.1) is 0 Å². The van der Waals surface area contributed by atoms with Crippen molar-refractivity contribution in [2.45, 2.75) is 6.92 Å². The summed E-state index contributed by atoms with van der Waals surface area (Å²) < 4.78 is 0. The summed E-state index contributed by atoms with van der Waals surface area (Å²) in [5, 5.41) is 9.34. The van der Waals surface area contributed by atoms with Gasteiger partial charge >= 0.3 is 0 Å². The third kappa shape index (κ3) is 3.06. The summed E-state index contributed by atoms with van der Waals surface area (Å²) in [6, 6.07) is 14.9. The fourth-order valence-electron chi connectivity index (χ4n) is 2.71. The number of rotatable bonds is 2. The Morgan fingerprint density at radius 2 is 1.50 bits per heavy atom. The molecule has 0 atom stereocenters. The third-order valence-corrected chi connectivity index (χ3v) is 4.08. The molecule has 0 unspecified atom stereocenters. The van der Waals surface area contributed by atoms with Gasteiger partial charge in [0.05, 0.1) is 0 Å². The molecule has 1 amide bonds. The molecule has 4 nitrogen and oxygen atoms in total. The van der Waals surface area contributed by atoms with Crippen LogP contribution in [-0.4, -0.2) is 42.1 Å². The van der Waals surface area contributed by atoms with E-state index in [0.717, 1.165) is 29.9 Å². The lowest BCUT2D eigenvalue weighted by Crippen LogP contribution is -2.48. The van der Waals surface area contributed by atoms with Crippen molar-refractivity contribution in [3.63, 3.8) is 0 Å². The number of carbonyl (C=O) groups is 1. The maximum absolute atomic E-state index is 12.5. The first-order chi connectivity index (χ1) is 10.6.